The van der Waals surface area contributed by atoms with E-state index in [1.165, 1.54) is 18.3 Å². The zero-order valence-electron chi connectivity index (χ0n) is 24.3. The molecule has 4 N–H and O–H groups in total. The molecule has 1 saturated heterocycles. The third-order valence-corrected chi connectivity index (χ3v) is 7.44. The Morgan fingerprint density at radius 1 is 1.07 bits per heavy atom. The predicted molar refractivity (Wildman–Crippen MR) is 166 cm³/mol. The number of piperidine rings is 1. The number of carbonyl (C=O) groups excluding carboxylic acids is 1. The zero-order chi connectivity index (χ0) is 31.3. The number of alkyl halides is 3. The SMILES string of the molecule is Cc1ccc(C(=O)Nc2cccc(C(F)(F)F)c2)cc1C#Cc1cnc2c(N/C(C=N)=C/NC3CCN(C)CC3)cccn12. The maximum absolute atomic E-state index is 13.1. The van der Waals surface area contributed by atoms with E-state index in [4.69, 9.17) is 5.41 Å². The van der Waals surface area contributed by atoms with Gasteiger partial charge in [-0.2, -0.15) is 13.2 Å². The number of imidazole rings is 1. The molecular weight excluding hydrogens is 567 g/mol. The van der Waals surface area contributed by atoms with Crippen LogP contribution in [0.4, 0.5) is 24.5 Å². The summed E-state index contributed by atoms with van der Waals surface area (Å²) in [6.07, 6.45) is 4.15. The lowest BCUT2D eigenvalue weighted by Gasteiger charge is -2.29. The Morgan fingerprint density at radius 2 is 1.86 bits per heavy atom. The fourth-order valence-corrected chi connectivity index (χ4v) is 4.86. The third kappa shape index (κ3) is 7.27. The normalized spacial score (nSPS) is 14.5. The second kappa shape index (κ2) is 13.1. The van der Waals surface area contributed by atoms with Crippen molar-refractivity contribution in [1.82, 2.24) is 19.6 Å². The van der Waals surface area contributed by atoms with Crippen LogP contribution in [-0.2, 0) is 6.18 Å². The van der Waals surface area contributed by atoms with Crippen LogP contribution in [0.2, 0.25) is 0 Å². The number of rotatable bonds is 7. The predicted octanol–water partition coefficient (Wildman–Crippen LogP) is 5.90. The second-order valence-corrected chi connectivity index (χ2v) is 10.7. The minimum absolute atomic E-state index is 0.0480. The minimum atomic E-state index is -4.51. The van der Waals surface area contributed by atoms with Crippen LogP contribution in [0.5, 0.6) is 0 Å². The zero-order valence-corrected chi connectivity index (χ0v) is 24.3. The first-order chi connectivity index (χ1) is 21.1. The topological polar surface area (TPSA) is 97.5 Å². The van der Waals surface area contributed by atoms with Crippen LogP contribution in [0.15, 0.2) is 78.9 Å². The number of likely N-dealkylation sites (tertiary alicyclic amines) is 1. The van der Waals surface area contributed by atoms with Crippen molar-refractivity contribution >= 4 is 29.1 Å². The molecular formula is C33H32F3N7O. The summed E-state index contributed by atoms with van der Waals surface area (Å²) in [6.45, 7) is 3.93. The van der Waals surface area contributed by atoms with Crippen LogP contribution in [0.1, 0.15) is 45.6 Å². The van der Waals surface area contributed by atoms with Crippen molar-refractivity contribution in [3.05, 3.63) is 107 Å². The smallest absolute Gasteiger partial charge is 0.386 e. The van der Waals surface area contributed by atoms with E-state index in [2.05, 4.69) is 44.7 Å². The fourth-order valence-electron chi connectivity index (χ4n) is 4.86. The molecule has 44 heavy (non-hydrogen) atoms. The van der Waals surface area contributed by atoms with E-state index in [-0.39, 0.29) is 11.3 Å². The van der Waals surface area contributed by atoms with Crippen LogP contribution in [0, 0.1) is 24.2 Å². The lowest BCUT2D eigenvalue weighted by molar-refractivity contribution is -0.137. The molecule has 0 bridgehead atoms. The molecule has 0 radical (unpaired) electrons. The number of aromatic nitrogens is 2. The highest BCUT2D eigenvalue weighted by atomic mass is 19.4. The summed E-state index contributed by atoms with van der Waals surface area (Å²) >= 11 is 0. The van der Waals surface area contributed by atoms with Crippen molar-refractivity contribution < 1.29 is 18.0 Å². The Kier molecular flexibility index (Phi) is 9.01. The number of carbonyl (C=O) groups is 1. The molecule has 2 aromatic heterocycles. The number of aryl methyl sites for hydroxylation is 1. The molecule has 0 aliphatic carbocycles. The molecule has 0 saturated carbocycles. The number of hydrogen-bond donors (Lipinski definition) is 4. The Labute approximate surface area is 253 Å². The quantitative estimate of drug-likeness (QED) is 0.157. The Bertz CT molecular complexity index is 1770. The number of benzene rings is 2. The lowest BCUT2D eigenvalue weighted by atomic mass is 10.0. The summed E-state index contributed by atoms with van der Waals surface area (Å²) in [4.78, 5) is 19.7. The van der Waals surface area contributed by atoms with Crippen LogP contribution in [-0.4, -0.2) is 52.6 Å². The molecule has 4 aromatic rings. The highest BCUT2D eigenvalue weighted by molar-refractivity contribution is 6.04. The summed E-state index contributed by atoms with van der Waals surface area (Å²) in [7, 11) is 2.12. The molecule has 1 amide bonds. The Hall–Kier alpha value is -5.08. The average Bonchev–Trinajstić information content (AvgIpc) is 3.43. The molecule has 0 atom stereocenters. The maximum Gasteiger partial charge on any atom is 0.416 e. The van der Waals surface area contributed by atoms with E-state index < -0.39 is 17.6 Å². The molecule has 11 heteroatoms. The van der Waals surface area contributed by atoms with Crippen LogP contribution < -0.4 is 16.0 Å². The first-order valence-corrected chi connectivity index (χ1v) is 14.1. The van der Waals surface area contributed by atoms with Crippen molar-refractivity contribution in [3.8, 4) is 11.8 Å². The number of fused-ring (bicyclic) bond motifs is 1. The minimum Gasteiger partial charge on any atom is -0.386 e. The Morgan fingerprint density at radius 3 is 2.61 bits per heavy atom. The van der Waals surface area contributed by atoms with Gasteiger partial charge in [0.15, 0.2) is 5.65 Å². The Balaban J connectivity index is 1.32. The van der Waals surface area contributed by atoms with Gasteiger partial charge in [0.1, 0.15) is 5.69 Å². The summed E-state index contributed by atoms with van der Waals surface area (Å²) in [5.74, 6) is 5.68. The van der Waals surface area contributed by atoms with Crippen molar-refractivity contribution in [1.29, 1.82) is 5.41 Å². The molecule has 1 aliphatic rings. The van der Waals surface area contributed by atoms with Crippen LogP contribution in [0.25, 0.3) is 5.65 Å². The van der Waals surface area contributed by atoms with Gasteiger partial charge in [0, 0.05) is 41.5 Å². The van der Waals surface area contributed by atoms with Gasteiger partial charge in [0.25, 0.3) is 5.91 Å². The highest BCUT2D eigenvalue weighted by Crippen LogP contribution is 2.30. The molecule has 2 aromatic carbocycles. The molecule has 8 nitrogen and oxygen atoms in total. The number of nitrogens with zero attached hydrogens (tertiary/aromatic N) is 3. The highest BCUT2D eigenvalue weighted by Gasteiger charge is 2.30. The van der Waals surface area contributed by atoms with Gasteiger partial charge in [0.2, 0.25) is 0 Å². The number of amides is 1. The van der Waals surface area contributed by atoms with Gasteiger partial charge in [-0.1, -0.05) is 18.1 Å². The average molecular weight is 600 g/mol. The van der Waals surface area contributed by atoms with E-state index in [1.807, 2.05) is 35.9 Å². The van der Waals surface area contributed by atoms with Gasteiger partial charge in [-0.3, -0.25) is 9.20 Å². The van der Waals surface area contributed by atoms with E-state index in [9.17, 15) is 18.0 Å². The number of pyridine rings is 1. The largest absolute Gasteiger partial charge is 0.416 e. The van der Waals surface area contributed by atoms with Crippen molar-refractivity contribution in [2.45, 2.75) is 32.0 Å². The van der Waals surface area contributed by atoms with Gasteiger partial charge in [0.05, 0.1) is 23.1 Å². The first kappa shape index (κ1) is 30.4. The van der Waals surface area contributed by atoms with E-state index in [1.54, 1.807) is 24.4 Å². The van der Waals surface area contributed by atoms with Gasteiger partial charge in [-0.25, -0.2) is 4.98 Å². The summed E-state index contributed by atoms with van der Waals surface area (Å²) < 4.78 is 41.0. The van der Waals surface area contributed by atoms with Crippen molar-refractivity contribution in [2.75, 3.05) is 30.8 Å². The number of hydrogen-bond acceptors (Lipinski definition) is 6. The van der Waals surface area contributed by atoms with Gasteiger partial charge in [-0.15, -0.1) is 0 Å². The second-order valence-electron chi connectivity index (χ2n) is 10.7. The van der Waals surface area contributed by atoms with Crippen molar-refractivity contribution in [3.63, 3.8) is 0 Å². The van der Waals surface area contributed by atoms with Crippen LogP contribution in [0.3, 0.4) is 0 Å². The van der Waals surface area contributed by atoms with Crippen LogP contribution >= 0.6 is 0 Å². The summed E-state index contributed by atoms with van der Waals surface area (Å²) in [5.41, 5.74) is 3.47. The van der Waals surface area contributed by atoms with E-state index in [0.29, 0.717) is 34.3 Å². The molecule has 1 aliphatic heterocycles. The standard InChI is InChI=1S/C33H32F3N7O/c1-22-8-9-24(32(44)41-27-6-3-5-25(18-27)33(34,35)36)17-23(22)10-11-29-21-39-31-30(7-4-14-43(29)31)40-28(19-37)20-38-26-12-15-42(2)16-13-26/h3-9,14,17-21,26,37-38,40H,12-13,15-16H2,1-2H3,(H,41,44)/b28-20+,37-19?. The molecule has 226 valence electrons. The molecule has 5 rings (SSSR count). The third-order valence-electron chi connectivity index (χ3n) is 7.44. The number of allylic oxidation sites excluding steroid dienone is 1. The first-order valence-electron chi connectivity index (χ1n) is 14.1. The van der Waals surface area contributed by atoms with Gasteiger partial charge >= 0.3 is 6.18 Å². The molecule has 0 unspecified atom stereocenters. The van der Waals surface area contributed by atoms with E-state index >= 15 is 0 Å². The van der Waals surface area contributed by atoms with Gasteiger partial charge < -0.3 is 26.3 Å². The molecule has 3 heterocycles. The maximum atomic E-state index is 13.1. The summed E-state index contributed by atoms with van der Waals surface area (Å²) in [5, 5.41) is 17.1. The monoisotopic (exact) mass is 599 g/mol. The van der Waals surface area contributed by atoms with Gasteiger partial charge in [-0.05, 0) is 93.9 Å². The number of anilines is 2. The molecule has 0 spiro atoms. The lowest BCUT2D eigenvalue weighted by Crippen LogP contribution is -2.39. The fraction of sp³-hybridized carbons (Fsp3) is 0.242. The number of nitrogens with one attached hydrogen (secondary N) is 4. The molecule has 1 fully saturated rings. The summed E-state index contributed by atoms with van der Waals surface area (Å²) in [6, 6.07) is 13.6. The van der Waals surface area contributed by atoms with Crippen molar-refractivity contribution in [2.24, 2.45) is 0 Å². The number of halogens is 3. The van der Waals surface area contributed by atoms with E-state index in [0.717, 1.165) is 43.6 Å².